The van der Waals surface area contributed by atoms with Crippen molar-refractivity contribution in [2.45, 2.75) is 25.2 Å². The Kier molecular flexibility index (Phi) is 5.20. The quantitative estimate of drug-likeness (QED) is 0.817. The van der Waals surface area contributed by atoms with E-state index in [1.807, 2.05) is 13.8 Å². The predicted octanol–water partition coefficient (Wildman–Crippen LogP) is 2.74. The lowest BCUT2D eigenvalue weighted by Crippen LogP contribution is -2.07. The van der Waals surface area contributed by atoms with Gasteiger partial charge in [-0.3, -0.25) is 0 Å². The number of carboxylic acids is 1. The summed E-state index contributed by atoms with van der Waals surface area (Å²) in [6.45, 7) is 4.40. The average Bonchev–Trinajstić information content (AvgIpc) is 2.27. The largest absolute Gasteiger partial charge is 0.493 e. The summed E-state index contributed by atoms with van der Waals surface area (Å²) >= 11 is 0. The predicted molar refractivity (Wildman–Crippen MR) is 71.4 cm³/mol. The molecular weight excluding hydrogens is 292 g/mol. The molecule has 0 aliphatic heterocycles. The maximum Gasteiger partial charge on any atom is 0.339 e. The summed E-state index contributed by atoms with van der Waals surface area (Å²) in [6.07, 6.45) is 0.772. The van der Waals surface area contributed by atoms with E-state index in [1.165, 1.54) is 12.1 Å². The van der Waals surface area contributed by atoms with Gasteiger partial charge in [0.1, 0.15) is 11.3 Å². The zero-order chi connectivity index (χ0) is 14.6. The number of carbonyl (C=O) groups is 1. The van der Waals surface area contributed by atoms with Crippen molar-refractivity contribution in [3.63, 3.8) is 0 Å². The summed E-state index contributed by atoms with van der Waals surface area (Å²) in [5.74, 6) is -0.699. The van der Waals surface area contributed by atoms with Gasteiger partial charge in [-0.25, -0.2) is 13.2 Å². The Morgan fingerprint density at radius 3 is 2.53 bits per heavy atom. The number of hydrogen-bond donors (Lipinski definition) is 1. The molecule has 7 heteroatoms. The lowest BCUT2D eigenvalue weighted by atomic mass is 10.1. The van der Waals surface area contributed by atoms with E-state index in [2.05, 4.69) is 0 Å². The Morgan fingerprint density at radius 1 is 1.42 bits per heavy atom. The van der Waals surface area contributed by atoms with Gasteiger partial charge < -0.3 is 9.84 Å². The van der Waals surface area contributed by atoms with E-state index >= 15 is 0 Å². The van der Waals surface area contributed by atoms with Crippen LogP contribution in [0.1, 0.15) is 30.6 Å². The van der Waals surface area contributed by atoms with Crippen LogP contribution in [0.25, 0.3) is 0 Å². The molecule has 1 rings (SSSR count). The van der Waals surface area contributed by atoms with Crippen LogP contribution in [0.15, 0.2) is 23.1 Å². The molecule has 106 valence electrons. The fraction of sp³-hybridized carbons (Fsp3) is 0.417. The van der Waals surface area contributed by atoms with Crippen molar-refractivity contribution < 1.29 is 23.1 Å². The molecule has 0 saturated carbocycles. The van der Waals surface area contributed by atoms with Crippen LogP contribution in [-0.2, 0) is 9.05 Å². The monoisotopic (exact) mass is 306 g/mol. The van der Waals surface area contributed by atoms with Gasteiger partial charge in [0.05, 0.1) is 11.5 Å². The average molecular weight is 307 g/mol. The normalized spacial score (nSPS) is 11.6. The molecule has 0 heterocycles. The Balaban J connectivity index is 3.02. The molecule has 0 atom stereocenters. The molecule has 5 nitrogen and oxygen atoms in total. The van der Waals surface area contributed by atoms with Gasteiger partial charge in [0.15, 0.2) is 0 Å². The van der Waals surface area contributed by atoms with Crippen molar-refractivity contribution in [3.8, 4) is 5.75 Å². The summed E-state index contributed by atoms with van der Waals surface area (Å²) in [5.41, 5.74) is -0.217. The molecule has 0 saturated heterocycles. The van der Waals surface area contributed by atoms with Crippen molar-refractivity contribution in [2.24, 2.45) is 5.92 Å². The van der Waals surface area contributed by atoms with E-state index in [-0.39, 0.29) is 16.2 Å². The number of ether oxygens (including phenoxy) is 1. The van der Waals surface area contributed by atoms with Crippen LogP contribution >= 0.6 is 10.7 Å². The van der Waals surface area contributed by atoms with Gasteiger partial charge in [0, 0.05) is 10.7 Å². The Bertz CT molecular complexity index is 565. The SMILES string of the molecule is CC(C)CCOc1ccc(S(=O)(=O)Cl)cc1C(=O)O. The molecule has 0 aromatic heterocycles. The first-order chi connectivity index (χ1) is 8.71. The highest BCUT2D eigenvalue weighted by Crippen LogP contribution is 2.25. The summed E-state index contributed by atoms with van der Waals surface area (Å²) in [4.78, 5) is 10.8. The smallest absolute Gasteiger partial charge is 0.339 e. The molecule has 0 fully saturated rings. The zero-order valence-electron chi connectivity index (χ0n) is 10.6. The van der Waals surface area contributed by atoms with Crippen molar-refractivity contribution in [1.29, 1.82) is 0 Å². The molecule has 1 N–H and O–H groups in total. The minimum absolute atomic E-state index is 0.136. The molecule has 0 bridgehead atoms. The Morgan fingerprint density at radius 2 is 2.05 bits per heavy atom. The number of rotatable bonds is 6. The highest BCUT2D eigenvalue weighted by Gasteiger charge is 2.17. The third-order valence-corrected chi connectivity index (χ3v) is 3.77. The molecule has 0 unspecified atom stereocenters. The van der Waals surface area contributed by atoms with Crippen LogP contribution in [0.3, 0.4) is 0 Å². The summed E-state index contributed by atoms with van der Waals surface area (Å²) in [7, 11) is 1.22. The van der Waals surface area contributed by atoms with Crippen LogP contribution < -0.4 is 4.74 Å². The molecule has 1 aromatic carbocycles. The summed E-state index contributed by atoms with van der Waals surface area (Å²) in [5, 5.41) is 9.05. The van der Waals surface area contributed by atoms with Crippen LogP contribution in [0.2, 0.25) is 0 Å². The van der Waals surface area contributed by atoms with E-state index in [1.54, 1.807) is 0 Å². The number of halogens is 1. The number of hydrogen-bond acceptors (Lipinski definition) is 4. The minimum atomic E-state index is -3.96. The Hall–Kier alpha value is -1.27. The topological polar surface area (TPSA) is 80.7 Å². The van der Waals surface area contributed by atoms with Gasteiger partial charge in [-0.05, 0) is 30.5 Å². The highest BCUT2D eigenvalue weighted by molar-refractivity contribution is 8.13. The van der Waals surface area contributed by atoms with E-state index < -0.39 is 15.0 Å². The summed E-state index contributed by atoms with van der Waals surface area (Å²) < 4.78 is 27.7. The van der Waals surface area contributed by atoms with Crippen LogP contribution in [0.5, 0.6) is 5.75 Å². The van der Waals surface area contributed by atoms with Crippen molar-refractivity contribution in [1.82, 2.24) is 0 Å². The van der Waals surface area contributed by atoms with E-state index in [0.717, 1.165) is 12.5 Å². The third kappa shape index (κ3) is 4.72. The fourth-order valence-corrected chi connectivity index (χ4v) is 2.14. The number of carboxylic acid groups (broad SMARTS) is 1. The summed E-state index contributed by atoms with van der Waals surface area (Å²) in [6, 6.07) is 3.52. The van der Waals surface area contributed by atoms with Gasteiger partial charge >= 0.3 is 5.97 Å². The van der Waals surface area contributed by atoms with Crippen molar-refractivity contribution in [2.75, 3.05) is 6.61 Å². The maximum atomic E-state index is 11.2. The first kappa shape index (κ1) is 15.8. The van der Waals surface area contributed by atoms with Gasteiger partial charge in [-0.2, -0.15) is 0 Å². The second-order valence-corrected chi connectivity index (χ2v) is 7.00. The molecule has 0 spiro atoms. The molecule has 1 aromatic rings. The van der Waals surface area contributed by atoms with E-state index in [4.69, 9.17) is 20.5 Å². The van der Waals surface area contributed by atoms with Crippen molar-refractivity contribution >= 4 is 25.7 Å². The number of benzene rings is 1. The van der Waals surface area contributed by atoms with Gasteiger partial charge in [-0.1, -0.05) is 13.8 Å². The lowest BCUT2D eigenvalue weighted by Gasteiger charge is -2.11. The highest BCUT2D eigenvalue weighted by atomic mass is 35.7. The lowest BCUT2D eigenvalue weighted by molar-refractivity contribution is 0.0691. The Labute approximate surface area is 116 Å². The standard InChI is InChI=1S/C12H15ClO5S/c1-8(2)5-6-18-11-4-3-9(19(13,16)17)7-10(11)12(14)15/h3-4,7-8H,5-6H2,1-2H3,(H,14,15). The van der Waals surface area contributed by atoms with Gasteiger partial charge in [0.2, 0.25) is 0 Å². The first-order valence-electron chi connectivity index (χ1n) is 5.66. The second kappa shape index (κ2) is 6.25. The molecular formula is C12H15ClO5S. The van der Waals surface area contributed by atoms with Crippen LogP contribution in [0, 0.1) is 5.92 Å². The van der Waals surface area contributed by atoms with E-state index in [9.17, 15) is 13.2 Å². The molecule has 0 aliphatic rings. The van der Waals surface area contributed by atoms with E-state index in [0.29, 0.717) is 12.5 Å². The third-order valence-electron chi connectivity index (χ3n) is 2.42. The van der Waals surface area contributed by atoms with Gasteiger partial charge in [0.25, 0.3) is 9.05 Å². The molecule has 19 heavy (non-hydrogen) atoms. The second-order valence-electron chi connectivity index (χ2n) is 4.43. The number of aromatic carboxylic acids is 1. The fourth-order valence-electron chi connectivity index (χ4n) is 1.36. The zero-order valence-corrected chi connectivity index (χ0v) is 12.2. The van der Waals surface area contributed by atoms with Gasteiger partial charge in [-0.15, -0.1) is 0 Å². The minimum Gasteiger partial charge on any atom is -0.493 e. The maximum absolute atomic E-state index is 11.2. The van der Waals surface area contributed by atoms with Crippen LogP contribution in [0.4, 0.5) is 0 Å². The molecule has 0 amide bonds. The van der Waals surface area contributed by atoms with Crippen molar-refractivity contribution in [3.05, 3.63) is 23.8 Å². The molecule has 0 radical (unpaired) electrons. The van der Waals surface area contributed by atoms with Crippen LogP contribution in [-0.4, -0.2) is 26.1 Å². The first-order valence-corrected chi connectivity index (χ1v) is 7.97. The molecule has 0 aliphatic carbocycles.